The Morgan fingerprint density at radius 2 is 2.00 bits per heavy atom. The van der Waals surface area contributed by atoms with E-state index in [1.54, 1.807) is 13.3 Å². The van der Waals surface area contributed by atoms with Gasteiger partial charge in [-0.3, -0.25) is 9.67 Å². The summed E-state index contributed by atoms with van der Waals surface area (Å²) >= 11 is 0. The highest BCUT2D eigenvalue weighted by Crippen LogP contribution is 2.24. The van der Waals surface area contributed by atoms with Gasteiger partial charge in [-0.2, -0.15) is 5.10 Å². The van der Waals surface area contributed by atoms with Crippen molar-refractivity contribution in [2.75, 3.05) is 7.11 Å². The molecule has 2 N–H and O–H groups in total. The molecule has 7 heteroatoms. The zero-order valence-electron chi connectivity index (χ0n) is 16.0. The van der Waals surface area contributed by atoms with Crippen molar-refractivity contribution >= 4 is 6.03 Å². The Morgan fingerprint density at radius 3 is 2.56 bits per heavy atom. The summed E-state index contributed by atoms with van der Waals surface area (Å²) in [6.07, 6.45) is 1.76. The summed E-state index contributed by atoms with van der Waals surface area (Å²) in [5.74, 6) is 0.808. The van der Waals surface area contributed by atoms with Crippen LogP contribution in [0.5, 0.6) is 5.75 Å². The Balaban J connectivity index is 2.02. The number of carbonyl (C=O) groups is 1. The molecular formula is C18H27N5O2. The number of pyridine rings is 1. The lowest BCUT2D eigenvalue weighted by Crippen LogP contribution is -2.37. The van der Waals surface area contributed by atoms with E-state index in [0.29, 0.717) is 6.54 Å². The van der Waals surface area contributed by atoms with Crippen molar-refractivity contribution in [2.24, 2.45) is 7.05 Å². The number of nitrogens with zero attached hydrogens (tertiary/aromatic N) is 3. The van der Waals surface area contributed by atoms with Gasteiger partial charge >= 0.3 is 6.03 Å². The zero-order chi connectivity index (χ0) is 18.7. The van der Waals surface area contributed by atoms with Crippen LogP contribution in [0.15, 0.2) is 6.20 Å². The Bertz CT molecular complexity index is 782. The van der Waals surface area contributed by atoms with Crippen molar-refractivity contribution in [3.05, 3.63) is 40.0 Å². The minimum Gasteiger partial charge on any atom is -0.496 e. The molecule has 2 aromatic rings. The van der Waals surface area contributed by atoms with Crippen LogP contribution in [-0.2, 0) is 13.6 Å². The lowest BCUT2D eigenvalue weighted by Gasteiger charge is -2.16. The minimum absolute atomic E-state index is 0.129. The molecule has 2 amide bonds. The highest BCUT2D eigenvalue weighted by atomic mass is 16.5. The molecule has 0 radical (unpaired) electrons. The van der Waals surface area contributed by atoms with Gasteiger partial charge in [-0.15, -0.1) is 0 Å². The molecule has 0 aliphatic carbocycles. The number of urea groups is 1. The fraction of sp³-hybridized carbons (Fsp3) is 0.500. The molecule has 25 heavy (non-hydrogen) atoms. The van der Waals surface area contributed by atoms with Gasteiger partial charge in [0.1, 0.15) is 5.75 Å². The number of aromatic nitrogens is 3. The lowest BCUT2D eigenvalue weighted by molar-refractivity contribution is 0.237. The first-order valence-corrected chi connectivity index (χ1v) is 8.29. The average Bonchev–Trinajstić information content (AvgIpc) is 2.79. The van der Waals surface area contributed by atoms with Gasteiger partial charge in [-0.25, -0.2) is 4.79 Å². The average molecular weight is 345 g/mol. The number of methoxy groups -OCH3 is 1. The third-order valence-corrected chi connectivity index (χ3v) is 4.51. The second kappa shape index (κ2) is 7.55. The standard InChI is InChI=1S/C18H27N5O2/c1-10-8-19-15(11(2)17(10)25-7)9-20-18(24)21-12(3)16-13(4)22-23(6)14(16)5/h8,12H,9H2,1-7H3,(H2,20,21,24)/t12-/m1/s1. The SMILES string of the molecule is COc1c(C)cnc(CNC(=O)N[C@H](C)c2c(C)nn(C)c2C)c1C. The van der Waals surface area contributed by atoms with Crippen LogP contribution in [0.3, 0.4) is 0 Å². The quantitative estimate of drug-likeness (QED) is 0.873. The number of nitrogens with one attached hydrogen (secondary N) is 2. The molecule has 0 spiro atoms. The van der Waals surface area contributed by atoms with E-state index in [-0.39, 0.29) is 12.1 Å². The second-order valence-corrected chi connectivity index (χ2v) is 6.30. The molecule has 2 rings (SSSR count). The van der Waals surface area contributed by atoms with Crippen LogP contribution in [0.2, 0.25) is 0 Å². The van der Waals surface area contributed by atoms with Gasteiger partial charge in [0.2, 0.25) is 0 Å². The number of hydrogen-bond acceptors (Lipinski definition) is 4. The Morgan fingerprint density at radius 1 is 1.32 bits per heavy atom. The van der Waals surface area contributed by atoms with Crippen molar-refractivity contribution < 1.29 is 9.53 Å². The third-order valence-electron chi connectivity index (χ3n) is 4.51. The smallest absolute Gasteiger partial charge is 0.315 e. The third kappa shape index (κ3) is 3.92. The predicted octanol–water partition coefficient (Wildman–Crippen LogP) is 2.62. The lowest BCUT2D eigenvalue weighted by atomic mass is 10.1. The van der Waals surface area contributed by atoms with Gasteiger partial charge in [0, 0.05) is 35.6 Å². The van der Waals surface area contributed by atoms with Crippen molar-refractivity contribution in [3.8, 4) is 5.75 Å². The molecule has 0 saturated heterocycles. The Kier molecular flexibility index (Phi) is 5.66. The first-order chi connectivity index (χ1) is 11.8. The van der Waals surface area contributed by atoms with Crippen molar-refractivity contribution in [2.45, 2.75) is 47.2 Å². The van der Waals surface area contributed by atoms with E-state index in [1.165, 1.54) is 0 Å². The molecule has 0 bridgehead atoms. The predicted molar refractivity (Wildman–Crippen MR) is 96.7 cm³/mol. The van der Waals surface area contributed by atoms with Crippen LogP contribution >= 0.6 is 0 Å². The molecule has 0 fully saturated rings. The first kappa shape index (κ1) is 18.8. The first-order valence-electron chi connectivity index (χ1n) is 8.29. The molecule has 1 atom stereocenters. The Hall–Kier alpha value is -2.57. The molecule has 2 aromatic heterocycles. The monoisotopic (exact) mass is 345 g/mol. The molecule has 7 nitrogen and oxygen atoms in total. The van der Waals surface area contributed by atoms with Crippen LogP contribution in [-0.4, -0.2) is 27.9 Å². The summed E-state index contributed by atoms with van der Waals surface area (Å²) in [6.45, 7) is 10.1. The number of aryl methyl sites for hydroxylation is 3. The maximum absolute atomic E-state index is 12.3. The van der Waals surface area contributed by atoms with Gasteiger partial charge < -0.3 is 15.4 Å². The minimum atomic E-state index is -0.240. The van der Waals surface area contributed by atoms with Crippen molar-refractivity contribution in [1.82, 2.24) is 25.4 Å². The van der Waals surface area contributed by atoms with E-state index in [9.17, 15) is 4.79 Å². The van der Waals surface area contributed by atoms with E-state index in [4.69, 9.17) is 4.74 Å². The van der Waals surface area contributed by atoms with E-state index >= 15 is 0 Å². The van der Waals surface area contributed by atoms with E-state index in [0.717, 1.165) is 39.5 Å². The maximum Gasteiger partial charge on any atom is 0.315 e. The zero-order valence-corrected chi connectivity index (χ0v) is 16.0. The highest BCUT2D eigenvalue weighted by molar-refractivity contribution is 5.74. The number of ether oxygens (including phenoxy) is 1. The number of hydrogen-bond donors (Lipinski definition) is 2. The summed E-state index contributed by atoms with van der Waals surface area (Å²) in [5, 5.41) is 10.2. The Labute approximate surface area is 148 Å². The van der Waals surface area contributed by atoms with Crippen LogP contribution in [0, 0.1) is 27.7 Å². The molecule has 136 valence electrons. The van der Waals surface area contributed by atoms with Gasteiger partial charge in [0.15, 0.2) is 0 Å². The fourth-order valence-corrected chi connectivity index (χ4v) is 3.15. The van der Waals surface area contributed by atoms with Gasteiger partial charge in [0.05, 0.1) is 31.1 Å². The summed E-state index contributed by atoms with van der Waals surface area (Å²) in [5.41, 5.74) is 5.72. The largest absolute Gasteiger partial charge is 0.496 e. The molecule has 0 aromatic carbocycles. The van der Waals surface area contributed by atoms with E-state index in [1.807, 2.05) is 46.3 Å². The summed E-state index contributed by atoms with van der Waals surface area (Å²) in [6, 6.07) is -0.369. The molecule has 2 heterocycles. The number of carbonyl (C=O) groups excluding carboxylic acids is 1. The van der Waals surface area contributed by atoms with Gasteiger partial charge in [-0.1, -0.05) is 0 Å². The highest BCUT2D eigenvalue weighted by Gasteiger charge is 2.18. The van der Waals surface area contributed by atoms with E-state index < -0.39 is 0 Å². The molecular weight excluding hydrogens is 318 g/mol. The normalized spacial score (nSPS) is 12.0. The van der Waals surface area contributed by atoms with Gasteiger partial charge in [0.25, 0.3) is 0 Å². The number of amides is 2. The molecule has 0 saturated carbocycles. The molecule has 0 aliphatic heterocycles. The fourth-order valence-electron chi connectivity index (χ4n) is 3.15. The summed E-state index contributed by atoms with van der Waals surface area (Å²) < 4.78 is 7.22. The number of rotatable bonds is 5. The van der Waals surface area contributed by atoms with Gasteiger partial charge in [-0.05, 0) is 34.6 Å². The maximum atomic E-state index is 12.3. The van der Waals surface area contributed by atoms with E-state index in [2.05, 4.69) is 20.7 Å². The molecule has 0 aliphatic rings. The van der Waals surface area contributed by atoms with Crippen LogP contribution in [0.25, 0.3) is 0 Å². The summed E-state index contributed by atoms with van der Waals surface area (Å²) in [4.78, 5) is 16.6. The second-order valence-electron chi connectivity index (χ2n) is 6.30. The molecule has 0 unspecified atom stereocenters. The van der Waals surface area contributed by atoms with Crippen LogP contribution < -0.4 is 15.4 Å². The topological polar surface area (TPSA) is 81.1 Å². The van der Waals surface area contributed by atoms with Crippen LogP contribution in [0.4, 0.5) is 4.79 Å². The van der Waals surface area contributed by atoms with Crippen molar-refractivity contribution in [1.29, 1.82) is 0 Å². The summed E-state index contributed by atoms with van der Waals surface area (Å²) in [7, 11) is 3.54. The van der Waals surface area contributed by atoms with Crippen LogP contribution in [0.1, 0.15) is 46.7 Å². The van der Waals surface area contributed by atoms with Crippen molar-refractivity contribution in [3.63, 3.8) is 0 Å².